The second kappa shape index (κ2) is 9.61. The molecule has 1 fully saturated rings. The van der Waals surface area contributed by atoms with E-state index in [1.54, 1.807) is 6.92 Å². The average molecular weight is 349 g/mol. The fraction of sp³-hybridized carbons (Fsp3) is 0.684. The van der Waals surface area contributed by atoms with Crippen LogP contribution in [-0.2, 0) is 16.0 Å². The van der Waals surface area contributed by atoms with Gasteiger partial charge >= 0.3 is 5.97 Å². The van der Waals surface area contributed by atoms with Crippen LogP contribution in [-0.4, -0.2) is 54.5 Å². The van der Waals surface area contributed by atoms with Gasteiger partial charge in [0.2, 0.25) is 5.91 Å². The van der Waals surface area contributed by atoms with E-state index in [4.69, 9.17) is 4.74 Å². The number of carbonyl (C=O) groups is 2. The smallest absolute Gasteiger partial charge is 0.340 e. The average Bonchev–Trinajstić information content (AvgIpc) is 3.18. The first-order valence-electron chi connectivity index (χ1n) is 9.37. The Hall–Kier alpha value is -1.82. The first-order chi connectivity index (χ1) is 12.0. The highest BCUT2D eigenvalue weighted by Crippen LogP contribution is 2.20. The van der Waals surface area contributed by atoms with Crippen LogP contribution in [0.5, 0.6) is 0 Å². The Balaban J connectivity index is 1.73. The highest BCUT2D eigenvalue weighted by atomic mass is 16.5. The molecule has 0 aliphatic carbocycles. The van der Waals surface area contributed by atoms with E-state index in [9.17, 15) is 9.59 Å². The van der Waals surface area contributed by atoms with E-state index in [0.29, 0.717) is 25.0 Å². The molecule has 140 valence electrons. The van der Waals surface area contributed by atoms with Gasteiger partial charge < -0.3 is 19.9 Å². The molecule has 2 rings (SSSR count). The second-order valence-electron chi connectivity index (χ2n) is 6.70. The van der Waals surface area contributed by atoms with Crippen molar-refractivity contribution >= 4 is 11.9 Å². The third-order valence-electron chi connectivity index (χ3n) is 4.79. The lowest BCUT2D eigenvalue weighted by molar-refractivity contribution is -0.121. The van der Waals surface area contributed by atoms with E-state index in [2.05, 4.69) is 15.2 Å². The van der Waals surface area contributed by atoms with Crippen molar-refractivity contribution in [1.29, 1.82) is 0 Å². The summed E-state index contributed by atoms with van der Waals surface area (Å²) in [5, 5.41) is 2.99. The lowest BCUT2D eigenvalue weighted by Crippen LogP contribution is -2.28. The second-order valence-corrected chi connectivity index (χ2v) is 6.70. The molecule has 1 saturated heterocycles. The molecular weight excluding hydrogens is 318 g/mol. The molecule has 25 heavy (non-hydrogen) atoms. The number of amides is 1. The third-order valence-corrected chi connectivity index (χ3v) is 4.79. The van der Waals surface area contributed by atoms with Crippen LogP contribution in [0, 0.1) is 13.8 Å². The first kappa shape index (κ1) is 19.5. The Bertz CT molecular complexity index is 589. The molecule has 0 radical (unpaired) electrons. The molecule has 1 amide bonds. The molecule has 1 aliphatic rings. The number of esters is 1. The van der Waals surface area contributed by atoms with Crippen LogP contribution in [0.2, 0.25) is 0 Å². The Kier molecular flexibility index (Phi) is 7.50. The van der Waals surface area contributed by atoms with Crippen molar-refractivity contribution < 1.29 is 14.3 Å². The Morgan fingerprint density at radius 3 is 2.64 bits per heavy atom. The lowest BCUT2D eigenvalue weighted by atomic mass is 10.1. The summed E-state index contributed by atoms with van der Waals surface area (Å²) in [5.41, 5.74) is 3.23. The Labute approximate surface area is 150 Å². The minimum atomic E-state index is -0.300. The van der Waals surface area contributed by atoms with Crippen molar-refractivity contribution in [2.45, 2.75) is 52.9 Å². The molecule has 1 aromatic heterocycles. The number of H-pyrrole nitrogens is 1. The van der Waals surface area contributed by atoms with Gasteiger partial charge in [0.15, 0.2) is 0 Å². The molecule has 0 spiro atoms. The van der Waals surface area contributed by atoms with Gasteiger partial charge in [-0.05, 0) is 71.7 Å². The minimum absolute atomic E-state index is 0.0609. The zero-order valence-corrected chi connectivity index (χ0v) is 15.7. The van der Waals surface area contributed by atoms with Crippen LogP contribution in [0.3, 0.4) is 0 Å². The van der Waals surface area contributed by atoms with Gasteiger partial charge in [0, 0.05) is 24.4 Å². The first-order valence-corrected chi connectivity index (χ1v) is 9.37. The standard InChI is InChI=1S/C19H31N3O3/c1-4-25-19(24)18-14(2)16(21-15(18)3)8-9-17(23)20-10-7-13-22-11-5-6-12-22/h21H,4-13H2,1-3H3,(H,20,23). The molecule has 0 aromatic carbocycles. The molecule has 2 N–H and O–H groups in total. The number of carbonyl (C=O) groups excluding carboxylic acids is 2. The monoisotopic (exact) mass is 349 g/mol. The van der Waals surface area contributed by atoms with Crippen molar-refractivity contribution in [2.24, 2.45) is 0 Å². The number of hydrogen-bond donors (Lipinski definition) is 2. The quantitative estimate of drug-likeness (QED) is 0.530. The zero-order valence-electron chi connectivity index (χ0n) is 15.7. The Morgan fingerprint density at radius 2 is 1.96 bits per heavy atom. The fourth-order valence-corrected chi connectivity index (χ4v) is 3.44. The summed E-state index contributed by atoms with van der Waals surface area (Å²) in [5.74, 6) is -0.239. The molecule has 0 unspecified atom stereocenters. The van der Waals surface area contributed by atoms with E-state index in [1.807, 2.05) is 13.8 Å². The van der Waals surface area contributed by atoms with Gasteiger partial charge in [-0.25, -0.2) is 4.79 Å². The molecule has 0 bridgehead atoms. The summed E-state index contributed by atoms with van der Waals surface area (Å²) in [7, 11) is 0. The molecule has 1 aliphatic heterocycles. The number of nitrogens with zero attached hydrogens (tertiary/aromatic N) is 1. The molecule has 1 aromatic rings. The molecular formula is C19H31N3O3. The van der Waals surface area contributed by atoms with Gasteiger partial charge in [0.05, 0.1) is 12.2 Å². The number of likely N-dealkylation sites (tertiary alicyclic amines) is 1. The maximum atomic E-state index is 12.0. The number of aromatic nitrogens is 1. The summed E-state index contributed by atoms with van der Waals surface area (Å²) in [6.07, 6.45) is 4.63. The van der Waals surface area contributed by atoms with Crippen molar-refractivity contribution in [3.63, 3.8) is 0 Å². The normalized spacial score (nSPS) is 14.7. The molecule has 0 saturated carbocycles. The van der Waals surface area contributed by atoms with Crippen LogP contribution in [0.15, 0.2) is 0 Å². The van der Waals surface area contributed by atoms with E-state index in [-0.39, 0.29) is 11.9 Å². The van der Waals surface area contributed by atoms with Crippen LogP contribution in [0.1, 0.15) is 59.9 Å². The van der Waals surface area contributed by atoms with Crippen LogP contribution >= 0.6 is 0 Å². The number of hydrogen-bond acceptors (Lipinski definition) is 4. The van der Waals surface area contributed by atoms with Crippen molar-refractivity contribution in [1.82, 2.24) is 15.2 Å². The number of nitrogens with one attached hydrogen (secondary N) is 2. The maximum absolute atomic E-state index is 12.0. The molecule has 2 heterocycles. The summed E-state index contributed by atoms with van der Waals surface area (Å²) >= 11 is 0. The fourth-order valence-electron chi connectivity index (χ4n) is 3.44. The highest BCUT2D eigenvalue weighted by Gasteiger charge is 2.19. The van der Waals surface area contributed by atoms with Gasteiger partial charge in [-0.3, -0.25) is 4.79 Å². The Morgan fingerprint density at radius 1 is 1.24 bits per heavy atom. The molecule has 0 atom stereocenters. The number of aromatic amines is 1. The van der Waals surface area contributed by atoms with Gasteiger partial charge in [0.25, 0.3) is 0 Å². The molecule has 6 nitrogen and oxygen atoms in total. The minimum Gasteiger partial charge on any atom is -0.462 e. The van der Waals surface area contributed by atoms with Crippen LogP contribution in [0.25, 0.3) is 0 Å². The summed E-state index contributed by atoms with van der Waals surface area (Å²) in [4.78, 5) is 29.7. The van der Waals surface area contributed by atoms with E-state index < -0.39 is 0 Å². The number of ether oxygens (including phenoxy) is 1. The van der Waals surface area contributed by atoms with E-state index in [0.717, 1.165) is 36.5 Å². The van der Waals surface area contributed by atoms with E-state index >= 15 is 0 Å². The summed E-state index contributed by atoms with van der Waals surface area (Å²) in [6.45, 7) is 10.1. The van der Waals surface area contributed by atoms with Gasteiger partial charge in [0.1, 0.15) is 0 Å². The van der Waals surface area contributed by atoms with Gasteiger partial charge in [-0.15, -0.1) is 0 Å². The van der Waals surface area contributed by atoms with Crippen molar-refractivity contribution in [2.75, 3.05) is 32.8 Å². The largest absolute Gasteiger partial charge is 0.462 e. The van der Waals surface area contributed by atoms with Gasteiger partial charge in [-0.2, -0.15) is 0 Å². The zero-order chi connectivity index (χ0) is 18.2. The number of aryl methyl sites for hydroxylation is 2. The summed E-state index contributed by atoms with van der Waals surface area (Å²) in [6, 6.07) is 0. The SMILES string of the molecule is CCOC(=O)c1c(C)[nH]c(CCC(=O)NCCCN2CCCC2)c1C. The maximum Gasteiger partial charge on any atom is 0.340 e. The summed E-state index contributed by atoms with van der Waals surface area (Å²) < 4.78 is 5.09. The highest BCUT2D eigenvalue weighted by molar-refractivity contribution is 5.92. The van der Waals surface area contributed by atoms with Crippen molar-refractivity contribution in [3.8, 4) is 0 Å². The van der Waals surface area contributed by atoms with Gasteiger partial charge in [-0.1, -0.05) is 0 Å². The predicted molar refractivity (Wildman–Crippen MR) is 97.8 cm³/mol. The van der Waals surface area contributed by atoms with Crippen LogP contribution < -0.4 is 5.32 Å². The number of rotatable bonds is 9. The topological polar surface area (TPSA) is 74.4 Å². The van der Waals surface area contributed by atoms with Crippen molar-refractivity contribution in [3.05, 3.63) is 22.5 Å². The predicted octanol–water partition coefficient (Wildman–Crippen LogP) is 2.34. The molecule has 6 heteroatoms. The third kappa shape index (κ3) is 5.59. The van der Waals surface area contributed by atoms with Crippen LogP contribution in [0.4, 0.5) is 0 Å². The van der Waals surface area contributed by atoms with E-state index in [1.165, 1.54) is 25.9 Å². The lowest BCUT2D eigenvalue weighted by Gasteiger charge is -2.14.